The number of nitrogens with one attached hydrogen (secondary N) is 2. The Kier molecular flexibility index (Phi) is 8.60. The Morgan fingerprint density at radius 3 is 2.30 bits per heavy atom. The van der Waals surface area contributed by atoms with Crippen LogP contribution in [0, 0.1) is 0 Å². The van der Waals surface area contributed by atoms with Gasteiger partial charge in [-0.2, -0.15) is 5.10 Å². The molecule has 170 valence electrons. The number of ether oxygens (including phenoxy) is 2. The van der Waals surface area contributed by atoms with Gasteiger partial charge in [0.25, 0.3) is 5.91 Å². The zero-order valence-corrected chi connectivity index (χ0v) is 19.8. The highest BCUT2D eigenvalue weighted by Crippen LogP contribution is 2.35. The molecule has 1 atom stereocenters. The molecule has 3 rings (SSSR count). The van der Waals surface area contributed by atoms with Crippen molar-refractivity contribution in [2.24, 2.45) is 5.10 Å². The highest BCUT2D eigenvalue weighted by atomic mass is 79.9. The van der Waals surface area contributed by atoms with Crippen LogP contribution in [0.25, 0.3) is 0 Å². The second kappa shape index (κ2) is 11.8. The summed E-state index contributed by atoms with van der Waals surface area (Å²) in [6, 6.07) is 21.2. The first-order valence-corrected chi connectivity index (χ1v) is 11.0. The van der Waals surface area contributed by atoms with Crippen molar-refractivity contribution in [3.8, 4) is 11.5 Å². The third kappa shape index (κ3) is 6.66. The van der Waals surface area contributed by atoms with Gasteiger partial charge in [0, 0.05) is 5.56 Å². The molecule has 0 spiro atoms. The van der Waals surface area contributed by atoms with E-state index in [1.807, 2.05) is 36.4 Å². The summed E-state index contributed by atoms with van der Waals surface area (Å²) in [5, 5.41) is 6.98. The molecule has 0 aliphatic heterocycles. The van der Waals surface area contributed by atoms with Gasteiger partial charge < -0.3 is 14.8 Å². The topological polar surface area (TPSA) is 89.0 Å². The van der Waals surface area contributed by atoms with Crippen LogP contribution in [0.1, 0.15) is 33.9 Å². The highest BCUT2D eigenvalue weighted by molar-refractivity contribution is 9.10. The zero-order valence-electron chi connectivity index (χ0n) is 18.2. The number of hydrazone groups is 1. The Morgan fingerprint density at radius 1 is 1.00 bits per heavy atom. The molecular formula is C25H24BrN3O4. The van der Waals surface area contributed by atoms with Gasteiger partial charge >= 0.3 is 0 Å². The largest absolute Gasteiger partial charge is 0.493 e. The van der Waals surface area contributed by atoms with Crippen molar-refractivity contribution < 1.29 is 19.1 Å². The Morgan fingerprint density at radius 2 is 1.67 bits per heavy atom. The van der Waals surface area contributed by atoms with Crippen LogP contribution < -0.4 is 20.2 Å². The first-order chi connectivity index (χ1) is 16.0. The second-order valence-electron chi connectivity index (χ2n) is 7.04. The molecule has 0 heterocycles. The SMILES string of the molecule is COc1cc(/C=N\NC(=O)C[C@H](NC(=O)c2ccccc2)c2ccccc2)cc(Br)c1OC. The standard InChI is InChI=1S/C25H24BrN3O4/c1-32-22-14-17(13-20(26)24(22)33-2)16-27-29-23(30)15-21(18-9-5-3-6-10-18)28-25(31)19-11-7-4-8-12-19/h3-14,16,21H,15H2,1-2H3,(H,28,31)(H,29,30)/b27-16-/t21-/m0/s1. The quantitative estimate of drug-likeness (QED) is 0.328. The minimum absolute atomic E-state index is 0.0234. The van der Waals surface area contributed by atoms with Crippen LogP contribution in [0.5, 0.6) is 11.5 Å². The van der Waals surface area contributed by atoms with Gasteiger partial charge in [-0.25, -0.2) is 5.43 Å². The molecule has 0 fully saturated rings. The summed E-state index contributed by atoms with van der Waals surface area (Å²) in [5.74, 6) is 0.509. The Balaban J connectivity index is 1.68. The molecule has 8 heteroatoms. The maximum Gasteiger partial charge on any atom is 0.251 e. The van der Waals surface area contributed by atoms with Gasteiger partial charge in [0.2, 0.25) is 5.91 Å². The van der Waals surface area contributed by atoms with Crippen molar-refractivity contribution >= 4 is 34.0 Å². The van der Waals surface area contributed by atoms with E-state index in [0.29, 0.717) is 27.1 Å². The number of halogens is 1. The van der Waals surface area contributed by atoms with Crippen LogP contribution in [0.3, 0.4) is 0 Å². The van der Waals surface area contributed by atoms with Gasteiger partial charge in [-0.05, 0) is 51.3 Å². The summed E-state index contributed by atoms with van der Waals surface area (Å²) in [6.45, 7) is 0. The second-order valence-corrected chi connectivity index (χ2v) is 7.89. The van der Waals surface area contributed by atoms with Crippen molar-refractivity contribution in [1.82, 2.24) is 10.7 Å². The van der Waals surface area contributed by atoms with Crippen molar-refractivity contribution in [2.75, 3.05) is 14.2 Å². The molecule has 0 saturated heterocycles. The number of carbonyl (C=O) groups excluding carboxylic acids is 2. The van der Waals surface area contributed by atoms with Crippen LogP contribution in [0.4, 0.5) is 0 Å². The van der Waals surface area contributed by atoms with Crippen LogP contribution in [-0.2, 0) is 4.79 Å². The molecule has 0 saturated carbocycles. The van der Waals surface area contributed by atoms with Gasteiger partial charge in [-0.15, -0.1) is 0 Å². The minimum Gasteiger partial charge on any atom is -0.493 e. The lowest BCUT2D eigenvalue weighted by Crippen LogP contribution is -2.32. The predicted molar refractivity (Wildman–Crippen MR) is 131 cm³/mol. The molecule has 0 aromatic heterocycles. The number of benzene rings is 3. The van der Waals surface area contributed by atoms with Crippen LogP contribution in [0.2, 0.25) is 0 Å². The molecule has 3 aromatic rings. The number of nitrogens with zero attached hydrogens (tertiary/aromatic N) is 1. The van der Waals surface area contributed by atoms with Gasteiger partial charge in [-0.1, -0.05) is 48.5 Å². The summed E-state index contributed by atoms with van der Waals surface area (Å²) in [4.78, 5) is 25.2. The van der Waals surface area contributed by atoms with E-state index in [4.69, 9.17) is 9.47 Å². The molecule has 2 N–H and O–H groups in total. The van der Waals surface area contributed by atoms with Crippen molar-refractivity contribution in [3.63, 3.8) is 0 Å². The Hall–Kier alpha value is -3.65. The predicted octanol–water partition coefficient (Wildman–Crippen LogP) is 4.48. The molecule has 0 unspecified atom stereocenters. The normalized spacial score (nSPS) is 11.6. The van der Waals surface area contributed by atoms with Crippen LogP contribution in [-0.4, -0.2) is 32.2 Å². The molecule has 0 bridgehead atoms. The van der Waals surface area contributed by atoms with Crippen molar-refractivity contribution in [1.29, 1.82) is 0 Å². The average molecular weight is 510 g/mol. The summed E-state index contributed by atoms with van der Waals surface area (Å²) >= 11 is 3.43. The molecule has 7 nitrogen and oxygen atoms in total. The van der Waals surface area contributed by atoms with Crippen molar-refractivity contribution in [2.45, 2.75) is 12.5 Å². The smallest absolute Gasteiger partial charge is 0.251 e. The summed E-state index contributed by atoms with van der Waals surface area (Å²) in [6.07, 6.45) is 1.53. The third-order valence-electron chi connectivity index (χ3n) is 4.79. The number of amides is 2. The maximum atomic E-state index is 12.7. The third-order valence-corrected chi connectivity index (χ3v) is 5.38. The lowest BCUT2D eigenvalue weighted by Gasteiger charge is -2.18. The zero-order chi connectivity index (χ0) is 23.6. The van der Waals surface area contributed by atoms with E-state index >= 15 is 0 Å². The molecule has 33 heavy (non-hydrogen) atoms. The summed E-state index contributed by atoms with van der Waals surface area (Å²) in [5.41, 5.74) is 4.57. The Bertz CT molecular complexity index is 1120. The number of carbonyl (C=O) groups is 2. The summed E-state index contributed by atoms with van der Waals surface area (Å²) in [7, 11) is 3.09. The lowest BCUT2D eigenvalue weighted by molar-refractivity contribution is -0.121. The van der Waals surface area contributed by atoms with E-state index in [0.717, 1.165) is 5.56 Å². The lowest BCUT2D eigenvalue weighted by atomic mass is 10.0. The monoisotopic (exact) mass is 509 g/mol. The van der Waals surface area contributed by atoms with Crippen molar-refractivity contribution in [3.05, 3.63) is 94.0 Å². The number of methoxy groups -OCH3 is 2. The molecule has 3 aromatic carbocycles. The minimum atomic E-state index is -0.510. The van der Waals surface area contributed by atoms with Crippen LogP contribution in [0.15, 0.2) is 82.4 Å². The fourth-order valence-electron chi connectivity index (χ4n) is 3.19. The van der Waals surface area contributed by atoms with E-state index in [1.54, 1.807) is 50.6 Å². The number of rotatable bonds is 9. The van der Waals surface area contributed by atoms with E-state index in [2.05, 4.69) is 31.8 Å². The average Bonchev–Trinajstić information content (AvgIpc) is 2.84. The van der Waals surface area contributed by atoms with Gasteiger partial charge in [0.15, 0.2) is 11.5 Å². The fraction of sp³-hybridized carbons (Fsp3) is 0.160. The summed E-state index contributed by atoms with van der Waals surface area (Å²) < 4.78 is 11.3. The molecule has 0 aliphatic carbocycles. The first-order valence-electron chi connectivity index (χ1n) is 10.2. The van der Waals surface area contributed by atoms with Gasteiger partial charge in [0.05, 0.1) is 37.4 Å². The van der Waals surface area contributed by atoms with E-state index < -0.39 is 6.04 Å². The van der Waals surface area contributed by atoms with E-state index in [-0.39, 0.29) is 18.2 Å². The van der Waals surface area contributed by atoms with Gasteiger partial charge in [-0.3, -0.25) is 9.59 Å². The molecule has 0 radical (unpaired) electrons. The van der Waals surface area contributed by atoms with E-state index in [9.17, 15) is 9.59 Å². The fourth-order valence-corrected chi connectivity index (χ4v) is 3.81. The number of hydrogen-bond donors (Lipinski definition) is 2. The molecule has 2 amide bonds. The highest BCUT2D eigenvalue weighted by Gasteiger charge is 2.19. The maximum absolute atomic E-state index is 12.7. The first kappa shape index (κ1) is 24.0. The molecular weight excluding hydrogens is 486 g/mol. The van der Waals surface area contributed by atoms with Crippen LogP contribution >= 0.6 is 15.9 Å². The van der Waals surface area contributed by atoms with Gasteiger partial charge in [0.1, 0.15) is 0 Å². The Labute approximate surface area is 200 Å². The molecule has 0 aliphatic rings. The van der Waals surface area contributed by atoms with E-state index in [1.165, 1.54) is 6.21 Å². The number of hydrogen-bond acceptors (Lipinski definition) is 5.